The number of carbonyl (C=O) groups is 3. The van der Waals surface area contributed by atoms with E-state index in [9.17, 15) is 18.8 Å². The predicted octanol–water partition coefficient (Wildman–Crippen LogP) is 1.96. The van der Waals surface area contributed by atoms with Crippen LogP contribution < -0.4 is 5.32 Å². The van der Waals surface area contributed by atoms with Crippen LogP contribution >= 0.6 is 0 Å². The molecule has 0 unspecified atom stereocenters. The zero-order chi connectivity index (χ0) is 16.8. The highest BCUT2D eigenvalue weighted by molar-refractivity contribution is 6.15. The maximum absolute atomic E-state index is 13.0. The summed E-state index contributed by atoms with van der Waals surface area (Å²) < 4.78 is 17.4. The van der Waals surface area contributed by atoms with E-state index in [0.29, 0.717) is 0 Å². The van der Waals surface area contributed by atoms with E-state index < -0.39 is 23.5 Å². The molecular weight excluding hydrogens is 301 g/mol. The third-order valence-electron chi connectivity index (χ3n) is 3.14. The normalized spacial score (nSPS) is 10.0. The number of methoxy groups -OCH3 is 1. The van der Waals surface area contributed by atoms with Crippen molar-refractivity contribution in [1.82, 2.24) is 5.32 Å². The molecule has 0 aromatic heterocycles. The molecular formula is C17H14FNO4. The van der Waals surface area contributed by atoms with Gasteiger partial charge in [-0.2, -0.15) is 0 Å². The lowest BCUT2D eigenvalue weighted by atomic mass is 9.98. The van der Waals surface area contributed by atoms with Gasteiger partial charge in [-0.05, 0) is 30.3 Å². The van der Waals surface area contributed by atoms with E-state index in [1.807, 2.05) is 0 Å². The van der Waals surface area contributed by atoms with Crippen molar-refractivity contribution in [3.05, 3.63) is 71.0 Å². The summed E-state index contributed by atoms with van der Waals surface area (Å²) >= 11 is 0. The summed E-state index contributed by atoms with van der Waals surface area (Å²) in [5.74, 6) is -2.03. The van der Waals surface area contributed by atoms with Crippen molar-refractivity contribution >= 4 is 17.7 Å². The first-order chi connectivity index (χ1) is 11.0. The van der Waals surface area contributed by atoms with Gasteiger partial charge in [-0.15, -0.1) is 0 Å². The smallest absolute Gasteiger partial charge is 0.325 e. The van der Waals surface area contributed by atoms with Gasteiger partial charge in [0.25, 0.3) is 5.91 Å². The standard InChI is InChI=1S/C17H14FNO4/c1-23-15(20)10-19-17(22)14-5-3-2-4-13(14)16(21)11-6-8-12(18)9-7-11/h2-9H,10H2,1H3,(H,19,22). The Balaban J connectivity index is 2.26. The summed E-state index contributed by atoms with van der Waals surface area (Å²) in [6, 6.07) is 11.2. The van der Waals surface area contributed by atoms with Crippen LogP contribution in [0.3, 0.4) is 0 Å². The van der Waals surface area contributed by atoms with E-state index in [1.54, 1.807) is 12.1 Å². The molecule has 2 rings (SSSR count). The zero-order valence-corrected chi connectivity index (χ0v) is 12.3. The Morgan fingerprint density at radius 3 is 2.22 bits per heavy atom. The monoisotopic (exact) mass is 315 g/mol. The number of esters is 1. The molecule has 0 spiro atoms. The lowest BCUT2D eigenvalue weighted by molar-refractivity contribution is -0.139. The van der Waals surface area contributed by atoms with E-state index >= 15 is 0 Å². The molecule has 0 aliphatic heterocycles. The van der Waals surface area contributed by atoms with Crippen molar-refractivity contribution in [2.75, 3.05) is 13.7 Å². The first-order valence-electron chi connectivity index (χ1n) is 6.77. The molecule has 5 nitrogen and oxygen atoms in total. The van der Waals surface area contributed by atoms with Crippen molar-refractivity contribution in [3.8, 4) is 0 Å². The Bertz CT molecular complexity index is 741. The van der Waals surface area contributed by atoms with Crippen LogP contribution in [0.2, 0.25) is 0 Å². The van der Waals surface area contributed by atoms with Gasteiger partial charge in [-0.3, -0.25) is 14.4 Å². The Morgan fingerprint density at radius 1 is 1.00 bits per heavy atom. The molecule has 0 saturated carbocycles. The SMILES string of the molecule is COC(=O)CNC(=O)c1ccccc1C(=O)c1ccc(F)cc1. The van der Waals surface area contributed by atoms with Crippen LogP contribution in [0.15, 0.2) is 48.5 Å². The summed E-state index contributed by atoms with van der Waals surface area (Å²) in [7, 11) is 1.21. The van der Waals surface area contributed by atoms with Gasteiger partial charge >= 0.3 is 5.97 Å². The lowest BCUT2D eigenvalue weighted by Crippen LogP contribution is -2.31. The molecule has 2 aromatic rings. The van der Waals surface area contributed by atoms with Crippen LogP contribution in [0.25, 0.3) is 0 Å². The maximum atomic E-state index is 13.0. The van der Waals surface area contributed by atoms with Crippen molar-refractivity contribution < 1.29 is 23.5 Å². The van der Waals surface area contributed by atoms with Crippen molar-refractivity contribution in [2.45, 2.75) is 0 Å². The third kappa shape index (κ3) is 4.00. The summed E-state index contributed by atoms with van der Waals surface area (Å²) in [4.78, 5) is 35.7. The molecule has 23 heavy (non-hydrogen) atoms. The topological polar surface area (TPSA) is 72.5 Å². The molecule has 1 amide bonds. The van der Waals surface area contributed by atoms with E-state index in [1.165, 1.54) is 43.5 Å². The molecule has 0 aliphatic carbocycles. The molecule has 2 aromatic carbocycles. The fourth-order valence-electron chi connectivity index (χ4n) is 1.96. The molecule has 0 bridgehead atoms. The van der Waals surface area contributed by atoms with Gasteiger partial charge in [-0.25, -0.2) is 4.39 Å². The van der Waals surface area contributed by atoms with Gasteiger partial charge < -0.3 is 10.1 Å². The van der Waals surface area contributed by atoms with Gasteiger partial charge in [-0.1, -0.05) is 18.2 Å². The molecule has 0 saturated heterocycles. The highest BCUT2D eigenvalue weighted by Gasteiger charge is 2.18. The number of halogens is 1. The minimum Gasteiger partial charge on any atom is -0.468 e. The second-order valence-electron chi connectivity index (χ2n) is 4.64. The molecule has 0 atom stereocenters. The molecule has 0 aliphatic rings. The number of hydrogen-bond acceptors (Lipinski definition) is 4. The first kappa shape index (κ1) is 16.4. The fourth-order valence-corrected chi connectivity index (χ4v) is 1.96. The number of ketones is 1. The fraction of sp³-hybridized carbons (Fsp3) is 0.118. The largest absolute Gasteiger partial charge is 0.468 e. The molecule has 118 valence electrons. The lowest BCUT2D eigenvalue weighted by Gasteiger charge is -2.09. The average Bonchev–Trinajstić information content (AvgIpc) is 2.59. The van der Waals surface area contributed by atoms with Gasteiger partial charge in [0.15, 0.2) is 5.78 Å². The van der Waals surface area contributed by atoms with Crippen LogP contribution in [-0.4, -0.2) is 31.3 Å². The van der Waals surface area contributed by atoms with Crippen LogP contribution in [-0.2, 0) is 9.53 Å². The Morgan fingerprint density at radius 2 is 1.61 bits per heavy atom. The highest BCUT2D eigenvalue weighted by Crippen LogP contribution is 2.15. The minimum atomic E-state index is -0.597. The average molecular weight is 315 g/mol. The first-order valence-corrected chi connectivity index (χ1v) is 6.77. The summed E-state index contributed by atoms with van der Waals surface area (Å²) in [5.41, 5.74) is 0.562. The van der Waals surface area contributed by atoms with Crippen molar-refractivity contribution in [1.29, 1.82) is 0 Å². The zero-order valence-electron chi connectivity index (χ0n) is 12.3. The van der Waals surface area contributed by atoms with Crippen molar-refractivity contribution in [3.63, 3.8) is 0 Å². The predicted molar refractivity (Wildman–Crippen MR) is 80.6 cm³/mol. The molecule has 0 heterocycles. The molecule has 0 radical (unpaired) electrons. The van der Waals surface area contributed by atoms with E-state index in [-0.39, 0.29) is 23.2 Å². The van der Waals surface area contributed by atoms with E-state index in [4.69, 9.17) is 0 Å². The Hall–Kier alpha value is -3.02. The second-order valence-corrected chi connectivity index (χ2v) is 4.64. The number of ether oxygens (including phenoxy) is 1. The van der Waals surface area contributed by atoms with Crippen molar-refractivity contribution in [2.24, 2.45) is 0 Å². The van der Waals surface area contributed by atoms with Crippen LogP contribution in [0, 0.1) is 5.82 Å². The van der Waals surface area contributed by atoms with Gasteiger partial charge in [0, 0.05) is 11.1 Å². The van der Waals surface area contributed by atoms with Gasteiger partial charge in [0.2, 0.25) is 0 Å². The quantitative estimate of drug-likeness (QED) is 0.676. The number of rotatable bonds is 5. The summed E-state index contributed by atoms with van der Waals surface area (Å²) in [5, 5.41) is 2.38. The summed E-state index contributed by atoms with van der Waals surface area (Å²) in [6.45, 7) is -0.297. The maximum Gasteiger partial charge on any atom is 0.325 e. The third-order valence-corrected chi connectivity index (χ3v) is 3.14. The molecule has 1 N–H and O–H groups in total. The minimum absolute atomic E-state index is 0.130. The summed E-state index contributed by atoms with van der Waals surface area (Å²) in [6.07, 6.45) is 0. The number of nitrogens with one attached hydrogen (secondary N) is 1. The second kappa shape index (κ2) is 7.31. The van der Waals surface area contributed by atoms with Crippen LogP contribution in [0.4, 0.5) is 4.39 Å². The number of carbonyl (C=O) groups excluding carboxylic acids is 3. The number of benzene rings is 2. The van der Waals surface area contributed by atoms with E-state index in [2.05, 4.69) is 10.1 Å². The number of amides is 1. The van der Waals surface area contributed by atoms with E-state index in [0.717, 1.165) is 0 Å². The number of hydrogen-bond donors (Lipinski definition) is 1. The van der Waals surface area contributed by atoms with Crippen LogP contribution in [0.1, 0.15) is 26.3 Å². The Kier molecular flexibility index (Phi) is 5.19. The van der Waals surface area contributed by atoms with Gasteiger partial charge in [0.05, 0.1) is 12.7 Å². The molecule has 0 fully saturated rings. The van der Waals surface area contributed by atoms with Crippen LogP contribution in [0.5, 0.6) is 0 Å². The highest BCUT2D eigenvalue weighted by atomic mass is 19.1. The Labute approximate surface area is 132 Å². The van der Waals surface area contributed by atoms with Gasteiger partial charge in [0.1, 0.15) is 12.4 Å². The molecule has 6 heteroatoms.